The van der Waals surface area contributed by atoms with Gasteiger partial charge in [-0.05, 0) is 35.9 Å². The molecule has 0 aliphatic carbocycles. The molecule has 142 valence electrons. The van der Waals surface area contributed by atoms with E-state index in [4.69, 9.17) is 14.2 Å². The van der Waals surface area contributed by atoms with Gasteiger partial charge in [0.1, 0.15) is 17.9 Å². The average Bonchev–Trinajstić information content (AvgIpc) is 3.21. The molecule has 0 bridgehead atoms. The first-order valence-corrected chi connectivity index (χ1v) is 8.55. The van der Waals surface area contributed by atoms with E-state index in [9.17, 15) is 0 Å². The predicted molar refractivity (Wildman–Crippen MR) is 107 cm³/mol. The lowest BCUT2D eigenvalue weighted by Gasteiger charge is -2.11. The summed E-state index contributed by atoms with van der Waals surface area (Å²) in [5, 5.41) is 11.4. The zero-order valence-corrected chi connectivity index (χ0v) is 15.7. The number of H-pyrrole nitrogens is 1. The van der Waals surface area contributed by atoms with Crippen LogP contribution in [0.4, 0.5) is 11.6 Å². The van der Waals surface area contributed by atoms with Crippen LogP contribution in [0.2, 0.25) is 0 Å². The highest BCUT2D eigenvalue weighted by atomic mass is 16.5. The average molecular weight is 377 g/mol. The lowest BCUT2D eigenvalue weighted by molar-refractivity contribution is 0.356. The number of rotatable bonds is 6. The van der Waals surface area contributed by atoms with Crippen molar-refractivity contribution in [2.24, 2.45) is 0 Å². The number of nitrogens with one attached hydrogen (secondary N) is 2. The van der Waals surface area contributed by atoms with Gasteiger partial charge in [0.2, 0.25) is 0 Å². The maximum absolute atomic E-state index is 5.39. The Kier molecular flexibility index (Phi) is 4.67. The molecule has 4 rings (SSSR count). The van der Waals surface area contributed by atoms with E-state index in [1.165, 1.54) is 6.33 Å². The smallest absolute Gasteiger partial charge is 0.162 e. The van der Waals surface area contributed by atoms with E-state index in [1.807, 2.05) is 42.5 Å². The summed E-state index contributed by atoms with van der Waals surface area (Å²) in [6.07, 6.45) is 1.49. The van der Waals surface area contributed by atoms with Gasteiger partial charge in [0.15, 0.2) is 17.3 Å². The van der Waals surface area contributed by atoms with Gasteiger partial charge in [-0.1, -0.05) is 0 Å². The molecule has 2 aromatic heterocycles. The number of nitrogens with zero attached hydrogens (tertiary/aromatic N) is 3. The quantitative estimate of drug-likeness (QED) is 0.528. The fraction of sp³-hybridized carbons (Fsp3) is 0.150. The van der Waals surface area contributed by atoms with Gasteiger partial charge in [0, 0.05) is 17.5 Å². The van der Waals surface area contributed by atoms with E-state index >= 15 is 0 Å². The number of aromatic amines is 1. The largest absolute Gasteiger partial charge is 0.497 e. The van der Waals surface area contributed by atoms with E-state index in [1.54, 1.807) is 21.3 Å². The van der Waals surface area contributed by atoms with Crippen LogP contribution in [-0.4, -0.2) is 41.5 Å². The van der Waals surface area contributed by atoms with Crippen molar-refractivity contribution in [1.82, 2.24) is 20.2 Å². The van der Waals surface area contributed by atoms with Crippen molar-refractivity contribution >= 4 is 22.5 Å². The topological polar surface area (TPSA) is 94.2 Å². The molecular weight excluding hydrogens is 358 g/mol. The van der Waals surface area contributed by atoms with Gasteiger partial charge in [0.05, 0.1) is 32.5 Å². The van der Waals surface area contributed by atoms with Gasteiger partial charge in [-0.15, -0.1) is 0 Å². The summed E-state index contributed by atoms with van der Waals surface area (Å²) >= 11 is 0. The Bertz CT molecular complexity index is 1110. The number of aromatic nitrogens is 4. The molecule has 28 heavy (non-hydrogen) atoms. The number of benzene rings is 2. The standard InChI is InChI=1S/C20H19N5O3/c1-26-13-6-4-12(5-7-13)15-10-19(25-24-15)23-20-14-8-17(27-2)18(28-3)9-16(14)21-11-22-20/h4-11H,1-3H3,(H2,21,22,23,24,25). The summed E-state index contributed by atoms with van der Waals surface area (Å²) in [6, 6.07) is 13.3. The van der Waals surface area contributed by atoms with E-state index in [-0.39, 0.29) is 0 Å². The zero-order chi connectivity index (χ0) is 19.5. The third-order valence-corrected chi connectivity index (χ3v) is 4.37. The lowest BCUT2D eigenvalue weighted by atomic mass is 10.1. The normalized spacial score (nSPS) is 10.7. The number of anilines is 2. The molecule has 8 heteroatoms. The molecule has 0 aliphatic heterocycles. The highest BCUT2D eigenvalue weighted by Crippen LogP contribution is 2.34. The molecule has 0 unspecified atom stereocenters. The van der Waals surface area contributed by atoms with Gasteiger partial charge in [-0.25, -0.2) is 9.97 Å². The Morgan fingerprint density at radius 3 is 2.32 bits per heavy atom. The Morgan fingerprint density at radius 1 is 0.857 bits per heavy atom. The fourth-order valence-corrected chi connectivity index (χ4v) is 2.91. The van der Waals surface area contributed by atoms with Crippen LogP contribution in [0.5, 0.6) is 17.2 Å². The Morgan fingerprint density at radius 2 is 1.61 bits per heavy atom. The minimum atomic E-state index is 0.605. The molecule has 0 fully saturated rings. The zero-order valence-electron chi connectivity index (χ0n) is 15.7. The first-order chi connectivity index (χ1) is 13.7. The van der Waals surface area contributed by atoms with Gasteiger partial charge >= 0.3 is 0 Å². The lowest BCUT2D eigenvalue weighted by Crippen LogP contribution is -1.98. The maximum atomic E-state index is 5.39. The highest BCUT2D eigenvalue weighted by Gasteiger charge is 2.12. The maximum Gasteiger partial charge on any atom is 0.162 e. The molecule has 0 amide bonds. The summed E-state index contributed by atoms with van der Waals surface area (Å²) in [6.45, 7) is 0. The molecule has 8 nitrogen and oxygen atoms in total. The highest BCUT2D eigenvalue weighted by molar-refractivity contribution is 5.92. The molecule has 0 radical (unpaired) electrons. The second-order valence-electron chi connectivity index (χ2n) is 5.97. The van der Waals surface area contributed by atoms with E-state index in [2.05, 4.69) is 25.5 Å². The minimum absolute atomic E-state index is 0.605. The molecule has 2 heterocycles. The summed E-state index contributed by atoms with van der Waals surface area (Å²) in [7, 11) is 4.83. The van der Waals surface area contributed by atoms with Crippen LogP contribution in [-0.2, 0) is 0 Å². The first-order valence-electron chi connectivity index (χ1n) is 8.55. The van der Waals surface area contributed by atoms with Crippen molar-refractivity contribution in [3.8, 4) is 28.5 Å². The Balaban J connectivity index is 1.65. The van der Waals surface area contributed by atoms with E-state index in [0.29, 0.717) is 23.1 Å². The number of hydrogen-bond donors (Lipinski definition) is 2. The van der Waals surface area contributed by atoms with Crippen molar-refractivity contribution in [2.45, 2.75) is 0 Å². The molecule has 0 saturated carbocycles. The van der Waals surface area contributed by atoms with Crippen LogP contribution >= 0.6 is 0 Å². The fourth-order valence-electron chi connectivity index (χ4n) is 2.91. The second-order valence-corrected chi connectivity index (χ2v) is 5.97. The monoisotopic (exact) mass is 377 g/mol. The molecular formula is C20H19N5O3. The molecule has 4 aromatic rings. The van der Waals surface area contributed by atoms with Crippen LogP contribution in [0.1, 0.15) is 0 Å². The van der Waals surface area contributed by atoms with Gasteiger partial charge in [-0.2, -0.15) is 5.10 Å². The van der Waals surface area contributed by atoms with Crippen LogP contribution in [0, 0.1) is 0 Å². The SMILES string of the molecule is COc1ccc(-c2cc(Nc3ncnc4cc(OC)c(OC)cc34)n[nH]2)cc1. The first kappa shape index (κ1) is 17.6. The van der Waals surface area contributed by atoms with Gasteiger partial charge < -0.3 is 19.5 Å². The van der Waals surface area contributed by atoms with Crippen molar-refractivity contribution in [3.63, 3.8) is 0 Å². The number of ether oxygens (including phenoxy) is 3. The van der Waals surface area contributed by atoms with Crippen LogP contribution in [0.3, 0.4) is 0 Å². The van der Waals surface area contributed by atoms with Crippen molar-refractivity contribution < 1.29 is 14.2 Å². The summed E-state index contributed by atoms with van der Waals surface area (Å²) in [4.78, 5) is 8.66. The molecule has 0 atom stereocenters. The Hall–Kier alpha value is -3.81. The molecule has 2 N–H and O–H groups in total. The predicted octanol–water partition coefficient (Wildman–Crippen LogP) is 3.79. The van der Waals surface area contributed by atoms with Crippen LogP contribution in [0.15, 0.2) is 48.8 Å². The van der Waals surface area contributed by atoms with E-state index in [0.717, 1.165) is 27.9 Å². The number of hydrogen-bond acceptors (Lipinski definition) is 7. The van der Waals surface area contributed by atoms with E-state index < -0.39 is 0 Å². The molecule has 0 spiro atoms. The molecule has 2 aromatic carbocycles. The van der Waals surface area contributed by atoms with Crippen molar-refractivity contribution in [1.29, 1.82) is 0 Å². The van der Waals surface area contributed by atoms with Gasteiger partial charge in [0.25, 0.3) is 0 Å². The summed E-state index contributed by atoms with van der Waals surface area (Å²) < 4.78 is 15.9. The summed E-state index contributed by atoms with van der Waals surface area (Å²) in [5.74, 6) is 3.28. The minimum Gasteiger partial charge on any atom is -0.497 e. The second kappa shape index (κ2) is 7.43. The van der Waals surface area contributed by atoms with Crippen molar-refractivity contribution in [3.05, 3.63) is 48.8 Å². The van der Waals surface area contributed by atoms with Crippen LogP contribution in [0.25, 0.3) is 22.2 Å². The third kappa shape index (κ3) is 3.27. The number of methoxy groups -OCH3 is 3. The Labute approximate surface area is 161 Å². The number of fused-ring (bicyclic) bond motifs is 1. The molecule has 0 aliphatic rings. The van der Waals surface area contributed by atoms with Gasteiger partial charge in [-0.3, -0.25) is 5.10 Å². The summed E-state index contributed by atoms with van der Waals surface area (Å²) in [5.41, 5.74) is 2.61. The van der Waals surface area contributed by atoms with Crippen LogP contribution < -0.4 is 19.5 Å². The molecule has 0 saturated heterocycles. The third-order valence-electron chi connectivity index (χ3n) is 4.37. The van der Waals surface area contributed by atoms with Crippen molar-refractivity contribution in [2.75, 3.05) is 26.6 Å².